The van der Waals surface area contributed by atoms with Gasteiger partial charge in [-0.2, -0.15) is 5.10 Å². The van der Waals surface area contributed by atoms with Gasteiger partial charge in [-0.15, -0.1) is 0 Å². The Labute approximate surface area is 110 Å². The molecule has 0 saturated carbocycles. The maximum absolute atomic E-state index is 10.7. The van der Waals surface area contributed by atoms with Crippen molar-refractivity contribution in [3.05, 3.63) is 40.7 Å². The molecule has 0 saturated heterocycles. The molecule has 2 rings (SSSR count). The van der Waals surface area contributed by atoms with Crippen molar-refractivity contribution in [1.29, 1.82) is 0 Å². The van der Waals surface area contributed by atoms with Gasteiger partial charge in [-0.3, -0.25) is 9.48 Å². The molecule has 0 radical (unpaired) electrons. The van der Waals surface area contributed by atoms with E-state index in [9.17, 15) is 4.79 Å². The standard InChI is InChI=1S/C13H13ClN2O2/c1-8-3-4-10(5-12(8)14)11-6-15-16(9(11)2)7-13(17)18/h3-6H,7H2,1-2H3,(H,17,18). The van der Waals surface area contributed by atoms with Gasteiger partial charge in [-0.25, -0.2) is 0 Å². The normalized spacial score (nSPS) is 10.6. The van der Waals surface area contributed by atoms with E-state index < -0.39 is 5.97 Å². The lowest BCUT2D eigenvalue weighted by Crippen LogP contribution is -2.11. The summed E-state index contributed by atoms with van der Waals surface area (Å²) in [6.07, 6.45) is 1.67. The summed E-state index contributed by atoms with van der Waals surface area (Å²) in [4.78, 5) is 10.7. The van der Waals surface area contributed by atoms with Crippen LogP contribution in [0.15, 0.2) is 24.4 Å². The zero-order valence-corrected chi connectivity index (χ0v) is 10.9. The van der Waals surface area contributed by atoms with Gasteiger partial charge in [-0.05, 0) is 31.0 Å². The lowest BCUT2D eigenvalue weighted by atomic mass is 10.1. The third kappa shape index (κ3) is 2.38. The van der Waals surface area contributed by atoms with Crippen LogP contribution >= 0.6 is 11.6 Å². The molecule has 1 aromatic carbocycles. The Balaban J connectivity index is 2.42. The molecule has 1 aromatic heterocycles. The van der Waals surface area contributed by atoms with Gasteiger partial charge in [0, 0.05) is 16.3 Å². The summed E-state index contributed by atoms with van der Waals surface area (Å²) in [6, 6.07) is 5.76. The van der Waals surface area contributed by atoms with Gasteiger partial charge in [0.1, 0.15) is 6.54 Å². The zero-order chi connectivity index (χ0) is 13.3. The van der Waals surface area contributed by atoms with E-state index in [0.717, 1.165) is 22.4 Å². The van der Waals surface area contributed by atoms with Crippen LogP contribution < -0.4 is 0 Å². The molecular formula is C13H13ClN2O2. The van der Waals surface area contributed by atoms with Crippen LogP contribution in [0.1, 0.15) is 11.3 Å². The molecule has 1 N–H and O–H groups in total. The molecule has 0 atom stereocenters. The summed E-state index contributed by atoms with van der Waals surface area (Å²) >= 11 is 6.09. The molecule has 0 bridgehead atoms. The minimum atomic E-state index is -0.908. The molecule has 4 nitrogen and oxygen atoms in total. The number of carboxylic acid groups (broad SMARTS) is 1. The number of rotatable bonds is 3. The van der Waals surface area contributed by atoms with E-state index in [1.54, 1.807) is 6.20 Å². The average Bonchev–Trinajstić information content (AvgIpc) is 2.64. The lowest BCUT2D eigenvalue weighted by Gasteiger charge is -2.05. The number of hydrogen-bond acceptors (Lipinski definition) is 2. The second-order valence-corrected chi connectivity index (χ2v) is 4.57. The van der Waals surface area contributed by atoms with Crippen LogP contribution in [0.4, 0.5) is 0 Å². The Morgan fingerprint density at radius 1 is 1.44 bits per heavy atom. The van der Waals surface area contributed by atoms with Crippen molar-refractivity contribution >= 4 is 17.6 Å². The number of carboxylic acids is 1. The summed E-state index contributed by atoms with van der Waals surface area (Å²) in [6.45, 7) is 3.65. The first-order valence-corrected chi connectivity index (χ1v) is 5.87. The molecule has 0 aliphatic rings. The first-order valence-electron chi connectivity index (χ1n) is 5.50. The summed E-state index contributed by atoms with van der Waals surface area (Å²) in [7, 11) is 0. The highest BCUT2D eigenvalue weighted by atomic mass is 35.5. The number of aryl methyl sites for hydroxylation is 1. The molecule has 0 fully saturated rings. The predicted molar refractivity (Wildman–Crippen MR) is 69.8 cm³/mol. The number of nitrogens with zero attached hydrogens (tertiary/aromatic N) is 2. The number of hydrogen-bond donors (Lipinski definition) is 1. The van der Waals surface area contributed by atoms with Crippen LogP contribution in [-0.4, -0.2) is 20.9 Å². The fourth-order valence-electron chi connectivity index (χ4n) is 1.78. The molecule has 5 heteroatoms. The maximum atomic E-state index is 10.7. The van der Waals surface area contributed by atoms with Gasteiger partial charge in [0.25, 0.3) is 0 Å². The fraction of sp³-hybridized carbons (Fsp3) is 0.231. The fourth-order valence-corrected chi connectivity index (χ4v) is 1.96. The summed E-state index contributed by atoms with van der Waals surface area (Å²) in [5.41, 5.74) is 3.67. The minimum absolute atomic E-state index is 0.134. The van der Waals surface area contributed by atoms with Gasteiger partial charge < -0.3 is 5.11 Å². The van der Waals surface area contributed by atoms with E-state index in [4.69, 9.17) is 16.7 Å². The van der Waals surface area contributed by atoms with E-state index in [1.165, 1.54) is 4.68 Å². The quantitative estimate of drug-likeness (QED) is 0.927. The molecule has 0 spiro atoms. The van der Waals surface area contributed by atoms with Crippen molar-refractivity contribution in [2.75, 3.05) is 0 Å². The number of halogens is 1. The molecule has 0 aliphatic heterocycles. The van der Waals surface area contributed by atoms with E-state index in [0.29, 0.717) is 5.02 Å². The molecule has 2 aromatic rings. The van der Waals surface area contributed by atoms with Crippen LogP contribution in [-0.2, 0) is 11.3 Å². The van der Waals surface area contributed by atoms with E-state index in [1.807, 2.05) is 32.0 Å². The highest BCUT2D eigenvalue weighted by Gasteiger charge is 2.11. The molecule has 1 heterocycles. The average molecular weight is 265 g/mol. The molecule has 94 valence electrons. The van der Waals surface area contributed by atoms with E-state index in [2.05, 4.69) is 5.10 Å². The van der Waals surface area contributed by atoms with Gasteiger partial charge in [0.05, 0.1) is 6.20 Å². The number of benzene rings is 1. The highest BCUT2D eigenvalue weighted by Crippen LogP contribution is 2.27. The second-order valence-electron chi connectivity index (χ2n) is 4.16. The van der Waals surface area contributed by atoms with Gasteiger partial charge in [0.2, 0.25) is 0 Å². The van der Waals surface area contributed by atoms with Crippen molar-refractivity contribution in [2.45, 2.75) is 20.4 Å². The Morgan fingerprint density at radius 2 is 2.17 bits per heavy atom. The highest BCUT2D eigenvalue weighted by molar-refractivity contribution is 6.31. The zero-order valence-electron chi connectivity index (χ0n) is 10.1. The van der Waals surface area contributed by atoms with Crippen molar-refractivity contribution in [1.82, 2.24) is 9.78 Å². The summed E-state index contributed by atoms with van der Waals surface area (Å²) in [5, 5.41) is 13.5. The largest absolute Gasteiger partial charge is 0.480 e. The van der Waals surface area contributed by atoms with Crippen LogP contribution in [0.5, 0.6) is 0 Å². The number of aliphatic carboxylic acids is 1. The van der Waals surface area contributed by atoms with Crippen molar-refractivity contribution < 1.29 is 9.90 Å². The predicted octanol–water partition coefficient (Wildman–Crippen LogP) is 2.90. The Hall–Kier alpha value is -1.81. The number of aromatic nitrogens is 2. The topological polar surface area (TPSA) is 55.1 Å². The molecule has 0 unspecified atom stereocenters. The SMILES string of the molecule is Cc1ccc(-c2cnn(CC(=O)O)c2C)cc1Cl. The van der Waals surface area contributed by atoms with Crippen molar-refractivity contribution in [3.63, 3.8) is 0 Å². The summed E-state index contributed by atoms with van der Waals surface area (Å²) < 4.78 is 1.46. The van der Waals surface area contributed by atoms with Gasteiger partial charge in [-0.1, -0.05) is 23.7 Å². The first-order chi connectivity index (χ1) is 8.49. The summed E-state index contributed by atoms with van der Waals surface area (Å²) in [5.74, 6) is -0.908. The van der Waals surface area contributed by atoms with Crippen LogP contribution in [0.2, 0.25) is 5.02 Å². The first kappa shape index (κ1) is 12.6. The molecule has 0 aliphatic carbocycles. The van der Waals surface area contributed by atoms with Crippen LogP contribution in [0.3, 0.4) is 0 Å². The van der Waals surface area contributed by atoms with Crippen LogP contribution in [0.25, 0.3) is 11.1 Å². The molecule has 0 amide bonds. The Kier molecular flexibility index (Phi) is 3.39. The number of carbonyl (C=O) groups is 1. The maximum Gasteiger partial charge on any atom is 0.325 e. The van der Waals surface area contributed by atoms with Crippen molar-refractivity contribution in [3.8, 4) is 11.1 Å². The Morgan fingerprint density at radius 3 is 2.78 bits per heavy atom. The molecular weight excluding hydrogens is 252 g/mol. The van der Waals surface area contributed by atoms with Crippen LogP contribution in [0, 0.1) is 13.8 Å². The molecule has 18 heavy (non-hydrogen) atoms. The van der Waals surface area contributed by atoms with E-state index in [-0.39, 0.29) is 6.54 Å². The minimum Gasteiger partial charge on any atom is -0.480 e. The Bertz CT molecular complexity index is 605. The monoisotopic (exact) mass is 264 g/mol. The van der Waals surface area contributed by atoms with Gasteiger partial charge in [0.15, 0.2) is 0 Å². The third-order valence-electron chi connectivity index (χ3n) is 2.87. The second kappa shape index (κ2) is 4.82. The third-order valence-corrected chi connectivity index (χ3v) is 3.28. The van der Waals surface area contributed by atoms with E-state index >= 15 is 0 Å². The van der Waals surface area contributed by atoms with Crippen molar-refractivity contribution in [2.24, 2.45) is 0 Å². The lowest BCUT2D eigenvalue weighted by molar-refractivity contribution is -0.137. The van der Waals surface area contributed by atoms with Gasteiger partial charge >= 0.3 is 5.97 Å². The smallest absolute Gasteiger partial charge is 0.325 e.